The molecule has 0 aromatic carbocycles. The molecule has 8 nitrogen and oxygen atoms in total. The first-order valence-corrected chi connectivity index (χ1v) is 6.75. The standard InChI is InChI=1S/C12H20N6O2/c1-3-6-20-12-16-10(13)15-11(17-12)18-5-4-9(7-18)14-8(2)19/h9H,3-7H2,1-2H3,(H,14,19)(H2,13,15,16,17). The van der Waals surface area contributed by atoms with Crippen LogP contribution in [0.3, 0.4) is 0 Å². The molecule has 2 rings (SSSR count). The van der Waals surface area contributed by atoms with Gasteiger partial charge >= 0.3 is 6.01 Å². The zero-order valence-electron chi connectivity index (χ0n) is 11.8. The molecule has 0 radical (unpaired) electrons. The SMILES string of the molecule is CCCOc1nc(N)nc(N2CCC(NC(C)=O)C2)n1. The highest BCUT2D eigenvalue weighted by atomic mass is 16.5. The van der Waals surface area contributed by atoms with E-state index < -0.39 is 0 Å². The molecule has 0 aliphatic carbocycles. The van der Waals surface area contributed by atoms with Gasteiger partial charge in [0.25, 0.3) is 0 Å². The van der Waals surface area contributed by atoms with Crippen LogP contribution in [0.5, 0.6) is 6.01 Å². The van der Waals surface area contributed by atoms with Crippen molar-refractivity contribution in [3.05, 3.63) is 0 Å². The first kappa shape index (κ1) is 14.3. The van der Waals surface area contributed by atoms with E-state index in [0.29, 0.717) is 19.1 Å². The van der Waals surface area contributed by atoms with E-state index in [1.807, 2.05) is 11.8 Å². The van der Waals surface area contributed by atoms with Crippen LogP contribution in [-0.4, -0.2) is 46.6 Å². The lowest BCUT2D eigenvalue weighted by atomic mass is 10.3. The molecule has 1 fully saturated rings. The smallest absolute Gasteiger partial charge is 0.323 e. The molecule has 20 heavy (non-hydrogen) atoms. The number of carbonyl (C=O) groups excluding carboxylic acids is 1. The Morgan fingerprint density at radius 2 is 2.30 bits per heavy atom. The van der Waals surface area contributed by atoms with Crippen LogP contribution in [0.2, 0.25) is 0 Å². The minimum absolute atomic E-state index is 0.0287. The summed E-state index contributed by atoms with van der Waals surface area (Å²) in [5, 5.41) is 2.89. The molecule has 1 amide bonds. The van der Waals surface area contributed by atoms with Crippen molar-refractivity contribution in [2.45, 2.75) is 32.7 Å². The van der Waals surface area contributed by atoms with E-state index in [4.69, 9.17) is 10.5 Å². The first-order valence-electron chi connectivity index (χ1n) is 6.75. The predicted molar refractivity (Wildman–Crippen MR) is 74.5 cm³/mol. The molecule has 1 unspecified atom stereocenters. The summed E-state index contributed by atoms with van der Waals surface area (Å²) >= 11 is 0. The third-order valence-corrected chi connectivity index (χ3v) is 2.93. The van der Waals surface area contributed by atoms with Crippen LogP contribution in [0.1, 0.15) is 26.7 Å². The minimum atomic E-state index is -0.0287. The number of amides is 1. The van der Waals surface area contributed by atoms with Crippen LogP contribution < -0.4 is 20.7 Å². The average Bonchev–Trinajstić information content (AvgIpc) is 2.83. The third kappa shape index (κ3) is 3.69. The summed E-state index contributed by atoms with van der Waals surface area (Å²) < 4.78 is 5.39. The molecule has 1 aliphatic heterocycles. The van der Waals surface area contributed by atoms with Gasteiger partial charge in [-0.15, -0.1) is 0 Å². The van der Waals surface area contributed by atoms with Crippen molar-refractivity contribution in [2.24, 2.45) is 0 Å². The Balaban J connectivity index is 2.05. The van der Waals surface area contributed by atoms with Gasteiger partial charge in [-0.2, -0.15) is 15.0 Å². The molecule has 110 valence electrons. The lowest BCUT2D eigenvalue weighted by Crippen LogP contribution is -2.36. The Labute approximate surface area is 117 Å². The largest absolute Gasteiger partial charge is 0.463 e. The Morgan fingerprint density at radius 3 is 3.00 bits per heavy atom. The second-order valence-electron chi connectivity index (χ2n) is 4.76. The van der Waals surface area contributed by atoms with Crippen molar-refractivity contribution >= 4 is 17.8 Å². The maximum Gasteiger partial charge on any atom is 0.323 e. The lowest BCUT2D eigenvalue weighted by molar-refractivity contribution is -0.119. The van der Waals surface area contributed by atoms with E-state index in [1.54, 1.807) is 0 Å². The molecule has 2 heterocycles. The van der Waals surface area contributed by atoms with Crippen molar-refractivity contribution in [3.63, 3.8) is 0 Å². The van der Waals surface area contributed by atoms with Gasteiger partial charge in [-0.3, -0.25) is 4.79 Å². The molecule has 1 aliphatic rings. The summed E-state index contributed by atoms with van der Waals surface area (Å²) in [5.74, 6) is 0.611. The molecule has 1 aromatic rings. The van der Waals surface area contributed by atoms with Gasteiger partial charge in [0.15, 0.2) is 0 Å². The Bertz CT molecular complexity index is 481. The molecular weight excluding hydrogens is 260 g/mol. The zero-order chi connectivity index (χ0) is 14.5. The number of nitrogen functional groups attached to an aromatic ring is 1. The predicted octanol–water partition coefficient (Wildman–Crippen LogP) is -0.0426. The van der Waals surface area contributed by atoms with E-state index in [-0.39, 0.29) is 23.9 Å². The quantitative estimate of drug-likeness (QED) is 0.779. The van der Waals surface area contributed by atoms with Crippen LogP contribution in [0.15, 0.2) is 0 Å². The van der Waals surface area contributed by atoms with Gasteiger partial charge in [0, 0.05) is 26.1 Å². The first-order chi connectivity index (χ1) is 9.58. The Morgan fingerprint density at radius 1 is 1.50 bits per heavy atom. The highest BCUT2D eigenvalue weighted by Crippen LogP contribution is 2.19. The van der Waals surface area contributed by atoms with Crippen LogP contribution in [0, 0.1) is 0 Å². The van der Waals surface area contributed by atoms with E-state index in [1.165, 1.54) is 6.92 Å². The number of aromatic nitrogens is 3. The maximum absolute atomic E-state index is 11.1. The summed E-state index contributed by atoms with van der Waals surface area (Å²) in [7, 11) is 0. The average molecular weight is 280 g/mol. The number of carbonyl (C=O) groups is 1. The molecule has 0 bridgehead atoms. The van der Waals surface area contributed by atoms with Gasteiger partial charge in [-0.05, 0) is 12.8 Å². The Kier molecular flexibility index (Phi) is 4.54. The number of hydrogen-bond donors (Lipinski definition) is 2. The van der Waals surface area contributed by atoms with Gasteiger partial charge in [-0.1, -0.05) is 6.92 Å². The maximum atomic E-state index is 11.1. The summed E-state index contributed by atoms with van der Waals surface area (Å²) in [4.78, 5) is 25.4. The fourth-order valence-corrected chi connectivity index (χ4v) is 2.11. The van der Waals surface area contributed by atoms with Crippen molar-refractivity contribution in [1.82, 2.24) is 20.3 Å². The molecule has 1 aromatic heterocycles. The van der Waals surface area contributed by atoms with Gasteiger partial charge in [0.05, 0.1) is 6.61 Å². The molecular formula is C12H20N6O2. The number of nitrogens with two attached hydrogens (primary N) is 1. The molecule has 0 spiro atoms. The van der Waals surface area contributed by atoms with Crippen molar-refractivity contribution < 1.29 is 9.53 Å². The Hall–Kier alpha value is -2.12. The number of rotatable bonds is 5. The molecule has 0 saturated carbocycles. The number of nitrogens with zero attached hydrogens (tertiary/aromatic N) is 4. The van der Waals surface area contributed by atoms with Gasteiger partial charge in [-0.25, -0.2) is 0 Å². The van der Waals surface area contributed by atoms with Crippen molar-refractivity contribution in [3.8, 4) is 6.01 Å². The van der Waals surface area contributed by atoms with E-state index in [0.717, 1.165) is 19.4 Å². The second-order valence-corrected chi connectivity index (χ2v) is 4.76. The monoisotopic (exact) mass is 280 g/mol. The third-order valence-electron chi connectivity index (χ3n) is 2.93. The van der Waals surface area contributed by atoms with Crippen molar-refractivity contribution in [1.29, 1.82) is 0 Å². The highest BCUT2D eigenvalue weighted by Gasteiger charge is 2.25. The van der Waals surface area contributed by atoms with Gasteiger partial charge in [0.1, 0.15) is 0 Å². The van der Waals surface area contributed by atoms with Crippen LogP contribution >= 0.6 is 0 Å². The number of ether oxygens (including phenoxy) is 1. The summed E-state index contributed by atoms with van der Waals surface area (Å²) in [6, 6.07) is 0.364. The van der Waals surface area contributed by atoms with E-state index >= 15 is 0 Å². The number of anilines is 2. The van der Waals surface area contributed by atoms with Crippen LogP contribution in [0.4, 0.5) is 11.9 Å². The highest BCUT2D eigenvalue weighted by molar-refractivity contribution is 5.73. The molecule has 3 N–H and O–H groups in total. The normalized spacial score (nSPS) is 18.1. The van der Waals surface area contributed by atoms with Crippen molar-refractivity contribution in [2.75, 3.05) is 30.3 Å². The number of nitrogens with one attached hydrogen (secondary N) is 1. The molecule has 1 atom stereocenters. The minimum Gasteiger partial charge on any atom is -0.463 e. The lowest BCUT2D eigenvalue weighted by Gasteiger charge is -2.17. The van der Waals surface area contributed by atoms with Crippen LogP contribution in [0.25, 0.3) is 0 Å². The van der Waals surface area contributed by atoms with E-state index in [2.05, 4.69) is 20.3 Å². The molecule has 1 saturated heterocycles. The summed E-state index contributed by atoms with van der Waals surface area (Å²) in [6.07, 6.45) is 1.73. The summed E-state index contributed by atoms with van der Waals surface area (Å²) in [6.45, 7) is 5.49. The van der Waals surface area contributed by atoms with Crippen LogP contribution in [-0.2, 0) is 4.79 Å². The molecule has 8 heteroatoms. The fraction of sp³-hybridized carbons (Fsp3) is 0.667. The zero-order valence-corrected chi connectivity index (χ0v) is 11.8. The van der Waals surface area contributed by atoms with E-state index in [9.17, 15) is 4.79 Å². The topological polar surface area (TPSA) is 106 Å². The number of hydrogen-bond acceptors (Lipinski definition) is 7. The second kappa shape index (κ2) is 6.36. The summed E-state index contributed by atoms with van der Waals surface area (Å²) in [5.41, 5.74) is 5.68. The fourth-order valence-electron chi connectivity index (χ4n) is 2.11. The van der Waals surface area contributed by atoms with Gasteiger partial charge in [0.2, 0.25) is 17.8 Å². The van der Waals surface area contributed by atoms with Gasteiger partial charge < -0.3 is 20.7 Å².